The highest BCUT2D eigenvalue weighted by atomic mass is 32.2. The first-order valence-electron chi connectivity index (χ1n) is 4.76. The number of nitro benzene ring substituents is 1. The average molecular weight is 245 g/mol. The Bertz CT molecular complexity index is 386. The van der Waals surface area contributed by atoms with E-state index < -0.39 is 10.7 Å². The molecule has 0 aliphatic carbocycles. The molecule has 0 saturated heterocycles. The Morgan fingerprint density at radius 1 is 1.62 bits per heavy atom. The molecule has 0 fully saturated rings. The summed E-state index contributed by atoms with van der Waals surface area (Å²) in [5, 5.41) is 19.4. The van der Waals surface area contributed by atoms with Gasteiger partial charge in [0.25, 0.3) is 5.69 Å². The van der Waals surface area contributed by atoms with Crippen LogP contribution >= 0.6 is 11.8 Å². The van der Waals surface area contributed by atoms with E-state index in [1.807, 2.05) is 6.92 Å². The SMILES string of the molecule is CC(CCO)Sc1cc(F)ccc1[N+](=O)[O-]. The van der Waals surface area contributed by atoms with E-state index in [9.17, 15) is 14.5 Å². The topological polar surface area (TPSA) is 63.4 Å². The zero-order chi connectivity index (χ0) is 12.1. The molecule has 0 aliphatic rings. The van der Waals surface area contributed by atoms with Crippen molar-refractivity contribution in [2.24, 2.45) is 0 Å². The fourth-order valence-electron chi connectivity index (χ4n) is 1.19. The molecule has 0 spiro atoms. The average Bonchev–Trinajstić information content (AvgIpc) is 2.17. The van der Waals surface area contributed by atoms with Crippen molar-refractivity contribution in [2.45, 2.75) is 23.5 Å². The lowest BCUT2D eigenvalue weighted by molar-refractivity contribution is -0.387. The maximum Gasteiger partial charge on any atom is 0.283 e. The molecule has 6 heteroatoms. The fourth-order valence-corrected chi connectivity index (χ4v) is 2.29. The van der Waals surface area contributed by atoms with E-state index in [-0.39, 0.29) is 17.5 Å². The number of aliphatic hydroxyl groups excluding tert-OH is 1. The number of rotatable bonds is 5. The van der Waals surface area contributed by atoms with Crippen molar-refractivity contribution in [1.82, 2.24) is 0 Å². The molecule has 1 N–H and O–H groups in total. The molecule has 4 nitrogen and oxygen atoms in total. The first-order chi connectivity index (χ1) is 7.54. The van der Waals surface area contributed by atoms with Gasteiger partial charge in [-0.25, -0.2) is 4.39 Å². The summed E-state index contributed by atoms with van der Waals surface area (Å²) < 4.78 is 13.0. The van der Waals surface area contributed by atoms with E-state index in [2.05, 4.69) is 0 Å². The molecule has 16 heavy (non-hydrogen) atoms. The number of nitrogens with zero attached hydrogens (tertiary/aromatic N) is 1. The van der Waals surface area contributed by atoms with Crippen LogP contribution in [0, 0.1) is 15.9 Å². The Morgan fingerprint density at radius 3 is 2.88 bits per heavy atom. The second-order valence-corrected chi connectivity index (χ2v) is 4.79. The molecule has 1 aromatic carbocycles. The Kier molecular flexibility index (Phi) is 4.70. The normalized spacial score (nSPS) is 12.4. The second-order valence-electron chi connectivity index (χ2n) is 3.31. The minimum absolute atomic E-state index is 0.00509. The van der Waals surface area contributed by atoms with Crippen molar-refractivity contribution >= 4 is 17.4 Å². The van der Waals surface area contributed by atoms with Crippen LogP contribution in [0.1, 0.15) is 13.3 Å². The highest BCUT2D eigenvalue weighted by Gasteiger charge is 2.17. The van der Waals surface area contributed by atoms with E-state index in [0.29, 0.717) is 11.3 Å². The van der Waals surface area contributed by atoms with Gasteiger partial charge in [-0.15, -0.1) is 11.8 Å². The van der Waals surface area contributed by atoms with Crippen LogP contribution in [0.15, 0.2) is 23.1 Å². The van der Waals surface area contributed by atoms with Crippen LogP contribution in [0.4, 0.5) is 10.1 Å². The summed E-state index contributed by atoms with van der Waals surface area (Å²) in [7, 11) is 0. The molecule has 1 aromatic rings. The van der Waals surface area contributed by atoms with Crippen molar-refractivity contribution in [3.8, 4) is 0 Å². The number of hydrogen-bond acceptors (Lipinski definition) is 4. The van der Waals surface area contributed by atoms with Crippen molar-refractivity contribution in [3.05, 3.63) is 34.1 Å². The Labute approximate surface area is 96.6 Å². The van der Waals surface area contributed by atoms with Crippen LogP contribution in [0.5, 0.6) is 0 Å². The summed E-state index contributed by atoms with van der Waals surface area (Å²) in [5.74, 6) is -0.496. The molecule has 1 rings (SSSR count). The fraction of sp³-hybridized carbons (Fsp3) is 0.400. The molecule has 0 heterocycles. The van der Waals surface area contributed by atoms with Crippen molar-refractivity contribution in [1.29, 1.82) is 0 Å². The molecule has 0 aliphatic heterocycles. The molecule has 1 unspecified atom stereocenters. The van der Waals surface area contributed by atoms with Gasteiger partial charge < -0.3 is 5.11 Å². The van der Waals surface area contributed by atoms with E-state index >= 15 is 0 Å². The lowest BCUT2D eigenvalue weighted by Crippen LogP contribution is -2.01. The molecule has 0 bridgehead atoms. The summed E-state index contributed by atoms with van der Waals surface area (Å²) in [6, 6.07) is 3.37. The Balaban J connectivity index is 2.92. The summed E-state index contributed by atoms with van der Waals surface area (Å²) >= 11 is 1.20. The molecule has 0 radical (unpaired) electrons. The van der Waals surface area contributed by atoms with Crippen molar-refractivity contribution in [2.75, 3.05) is 6.61 Å². The van der Waals surface area contributed by atoms with Gasteiger partial charge in [0.05, 0.1) is 9.82 Å². The van der Waals surface area contributed by atoms with Crippen LogP contribution in [-0.2, 0) is 0 Å². The first kappa shape index (κ1) is 12.9. The Hall–Kier alpha value is -1.14. The first-order valence-corrected chi connectivity index (χ1v) is 5.64. The summed E-state index contributed by atoms with van der Waals surface area (Å²) in [4.78, 5) is 10.5. The van der Waals surface area contributed by atoms with Crippen molar-refractivity contribution < 1.29 is 14.4 Å². The number of thioether (sulfide) groups is 1. The third-order valence-electron chi connectivity index (χ3n) is 1.98. The van der Waals surface area contributed by atoms with Crippen LogP contribution in [0.25, 0.3) is 0 Å². The monoisotopic (exact) mass is 245 g/mol. The van der Waals surface area contributed by atoms with Crippen LogP contribution < -0.4 is 0 Å². The van der Waals surface area contributed by atoms with Crippen LogP contribution in [0.3, 0.4) is 0 Å². The quantitative estimate of drug-likeness (QED) is 0.492. The number of nitro groups is 1. The van der Waals surface area contributed by atoms with Gasteiger partial charge in [0.15, 0.2) is 0 Å². The van der Waals surface area contributed by atoms with E-state index in [1.54, 1.807) is 0 Å². The van der Waals surface area contributed by atoms with Crippen LogP contribution in [0.2, 0.25) is 0 Å². The van der Waals surface area contributed by atoms with Crippen molar-refractivity contribution in [3.63, 3.8) is 0 Å². The Morgan fingerprint density at radius 2 is 2.31 bits per heavy atom. The maximum absolute atomic E-state index is 13.0. The molecule has 0 amide bonds. The standard InChI is InChI=1S/C10H12FNO3S/c1-7(4-5-13)16-10-6-8(11)2-3-9(10)12(14)15/h2-3,6-7,13H,4-5H2,1H3. The third-order valence-corrected chi connectivity index (χ3v) is 3.20. The van der Waals surface area contributed by atoms with Gasteiger partial charge in [0, 0.05) is 17.9 Å². The minimum Gasteiger partial charge on any atom is -0.396 e. The number of hydrogen-bond donors (Lipinski definition) is 1. The largest absolute Gasteiger partial charge is 0.396 e. The summed E-state index contributed by atoms with van der Waals surface area (Å²) in [6.07, 6.45) is 0.512. The smallest absolute Gasteiger partial charge is 0.283 e. The summed E-state index contributed by atoms with van der Waals surface area (Å²) in [6.45, 7) is 1.84. The zero-order valence-electron chi connectivity index (χ0n) is 8.72. The van der Waals surface area contributed by atoms with Gasteiger partial charge in [-0.3, -0.25) is 10.1 Å². The van der Waals surface area contributed by atoms with Crippen LogP contribution in [-0.4, -0.2) is 21.9 Å². The highest BCUT2D eigenvalue weighted by molar-refractivity contribution is 8.00. The zero-order valence-corrected chi connectivity index (χ0v) is 9.54. The number of aliphatic hydroxyl groups is 1. The minimum atomic E-state index is -0.534. The van der Waals surface area contributed by atoms with E-state index in [4.69, 9.17) is 5.11 Å². The lowest BCUT2D eigenvalue weighted by atomic mass is 10.3. The summed E-state index contributed by atoms with van der Waals surface area (Å²) in [5.41, 5.74) is -0.101. The van der Waals surface area contributed by atoms with Gasteiger partial charge >= 0.3 is 0 Å². The third kappa shape index (κ3) is 3.46. The van der Waals surface area contributed by atoms with E-state index in [0.717, 1.165) is 18.2 Å². The van der Waals surface area contributed by atoms with Gasteiger partial charge in [0.2, 0.25) is 0 Å². The number of halogens is 1. The molecule has 0 saturated carbocycles. The van der Waals surface area contributed by atoms with Gasteiger partial charge in [-0.05, 0) is 18.6 Å². The molecule has 1 atom stereocenters. The predicted molar refractivity (Wildman–Crippen MR) is 60.1 cm³/mol. The maximum atomic E-state index is 13.0. The van der Waals surface area contributed by atoms with Gasteiger partial charge in [-0.1, -0.05) is 6.92 Å². The predicted octanol–water partition coefficient (Wildman–Crippen LogP) is 2.60. The second kappa shape index (κ2) is 5.81. The van der Waals surface area contributed by atoms with E-state index in [1.165, 1.54) is 11.8 Å². The van der Waals surface area contributed by atoms with Gasteiger partial charge in [0.1, 0.15) is 5.82 Å². The molecule has 0 aromatic heterocycles. The molecule has 88 valence electrons. The van der Waals surface area contributed by atoms with Gasteiger partial charge in [-0.2, -0.15) is 0 Å². The molecular weight excluding hydrogens is 233 g/mol. The highest BCUT2D eigenvalue weighted by Crippen LogP contribution is 2.33. The molecular formula is C10H12FNO3S. The lowest BCUT2D eigenvalue weighted by Gasteiger charge is -2.09. The number of benzene rings is 1.